The van der Waals surface area contributed by atoms with Crippen molar-refractivity contribution in [1.82, 2.24) is 10.2 Å². The van der Waals surface area contributed by atoms with E-state index in [1.807, 2.05) is 18.2 Å². The number of urea groups is 1. The summed E-state index contributed by atoms with van der Waals surface area (Å²) in [6, 6.07) is 5.54. The van der Waals surface area contributed by atoms with Crippen LogP contribution < -0.4 is 10.1 Å². The number of benzene rings is 1. The predicted octanol–water partition coefficient (Wildman–Crippen LogP) is 2.04. The van der Waals surface area contributed by atoms with E-state index >= 15 is 0 Å². The minimum Gasteiger partial charge on any atom is -0.491 e. The lowest BCUT2D eigenvalue weighted by Crippen LogP contribution is -2.41. The van der Waals surface area contributed by atoms with Gasteiger partial charge in [-0.3, -0.25) is 0 Å². The molecule has 2 amide bonds. The van der Waals surface area contributed by atoms with Gasteiger partial charge in [0.1, 0.15) is 12.4 Å². The molecule has 2 aliphatic heterocycles. The molecular weight excluding hydrogens is 308 g/mol. The van der Waals surface area contributed by atoms with Crippen LogP contribution in [0.2, 0.25) is 0 Å². The molecule has 2 heterocycles. The topological polar surface area (TPSA) is 71.0 Å². The van der Waals surface area contributed by atoms with Crippen molar-refractivity contribution in [2.75, 3.05) is 26.3 Å². The Morgan fingerprint density at radius 3 is 3.04 bits per heavy atom. The first-order chi connectivity index (χ1) is 11.8. The van der Waals surface area contributed by atoms with E-state index in [-0.39, 0.29) is 18.7 Å². The van der Waals surface area contributed by atoms with Crippen LogP contribution in [0, 0.1) is 0 Å². The summed E-state index contributed by atoms with van der Waals surface area (Å²) in [4.78, 5) is 14.2. The van der Waals surface area contributed by atoms with Crippen LogP contribution in [0.3, 0.4) is 0 Å². The summed E-state index contributed by atoms with van der Waals surface area (Å²) in [5.74, 6) is 0.790. The number of carbonyl (C=O) groups is 1. The highest BCUT2D eigenvalue weighted by Crippen LogP contribution is 2.24. The van der Waals surface area contributed by atoms with Gasteiger partial charge >= 0.3 is 6.03 Å². The Bertz CT molecular complexity index is 558. The second-order valence-corrected chi connectivity index (χ2v) is 6.38. The van der Waals surface area contributed by atoms with Crippen molar-refractivity contribution in [3.63, 3.8) is 0 Å². The number of ether oxygens (including phenoxy) is 2. The van der Waals surface area contributed by atoms with Crippen LogP contribution >= 0.6 is 0 Å². The molecule has 2 N–H and O–H groups in total. The van der Waals surface area contributed by atoms with Crippen molar-refractivity contribution in [3.8, 4) is 5.75 Å². The first-order valence-electron chi connectivity index (χ1n) is 8.76. The minimum atomic E-state index is -0.0725. The number of nitrogens with zero attached hydrogens (tertiary/aromatic N) is 1. The fraction of sp³-hybridized carbons (Fsp3) is 0.611. The van der Waals surface area contributed by atoms with E-state index in [0.29, 0.717) is 26.2 Å². The average Bonchev–Trinajstić information content (AvgIpc) is 2.84. The molecule has 132 valence electrons. The van der Waals surface area contributed by atoms with Crippen LogP contribution in [0.4, 0.5) is 4.79 Å². The fourth-order valence-electron chi connectivity index (χ4n) is 3.21. The summed E-state index contributed by atoms with van der Waals surface area (Å²) < 4.78 is 11.4. The highest BCUT2D eigenvalue weighted by molar-refractivity contribution is 5.74. The molecule has 1 saturated heterocycles. The normalized spacial score (nSPS) is 20.7. The van der Waals surface area contributed by atoms with E-state index in [2.05, 4.69) is 5.32 Å². The average molecular weight is 334 g/mol. The standard InChI is InChI=1S/C18H26N2O4/c21-13-14-4-5-17-15(11-14)12-20(8-10-24-17)18(22)19-7-6-16-3-1-2-9-23-16/h4-5,11,16,21H,1-3,6-10,12-13H2,(H,19,22). The summed E-state index contributed by atoms with van der Waals surface area (Å²) in [6.45, 7) is 2.98. The molecular formula is C18H26N2O4. The van der Waals surface area contributed by atoms with Gasteiger partial charge in [-0.25, -0.2) is 4.79 Å². The zero-order valence-electron chi connectivity index (χ0n) is 14.0. The Balaban J connectivity index is 1.52. The lowest BCUT2D eigenvalue weighted by molar-refractivity contribution is 0.0118. The number of amides is 2. The number of rotatable bonds is 4. The lowest BCUT2D eigenvalue weighted by atomic mass is 10.1. The first kappa shape index (κ1) is 17.0. The van der Waals surface area contributed by atoms with Gasteiger partial charge in [-0.05, 0) is 43.4 Å². The van der Waals surface area contributed by atoms with Gasteiger partial charge in [0.05, 0.1) is 25.8 Å². The largest absolute Gasteiger partial charge is 0.491 e. The third-order valence-corrected chi connectivity index (χ3v) is 4.59. The van der Waals surface area contributed by atoms with Gasteiger partial charge in [-0.1, -0.05) is 6.07 Å². The van der Waals surface area contributed by atoms with Gasteiger partial charge in [0.2, 0.25) is 0 Å². The highest BCUT2D eigenvalue weighted by Gasteiger charge is 2.20. The van der Waals surface area contributed by atoms with Crippen molar-refractivity contribution in [2.24, 2.45) is 0 Å². The molecule has 2 aliphatic rings. The molecule has 6 nitrogen and oxygen atoms in total. The van der Waals surface area contributed by atoms with Gasteiger partial charge in [0.25, 0.3) is 0 Å². The predicted molar refractivity (Wildman–Crippen MR) is 89.9 cm³/mol. The van der Waals surface area contributed by atoms with Crippen LogP contribution in [0.25, 0.3) is 0 Å². The Labute approximate surface area is 142 Å². The number of hydrogen-bond acceptors (Lipinski definition) is 4. The van der Waals surface area contributed by atoms with Crippen molar-refractivity contribution in [1.29, 1.82) is 0 Å². The summed E-state index contributed by atoms with van der Waals surface area (Å²) >= 11 is 0. The minimum absolute atomic E-state index is 0.0130. The molecule has 24 heavy (non-hydrogen) atoms. The third-order valence-electron chi connectivity index (χ3n) is 4.59. The Hall–Kier alpha value is -1.79. The van der Waals surface area contributed by atoms with Crippen molar-refractivity contribution < 1.29 is 19.4 Å². The zero-order chi connectivity index (χ0) is 16.8. The van der Waals surface area contributed by atoms with Gasteiger partial charge in [-0.15, -0.1) is 0 Å². The van der Waals surface area contributed by atoms with Crippen molar-refractivity contribution in [2.45, 2.75) is 44.9 Å². The second kappa shape index (κ2) is 8.35. The molecule has 1 fully saturated rings. The smallest absolute Gasteiger partial charge is 0.317 e. The molecule has 1 aromatic rings. The molecule has 6 heteroatoms. The van der Waals surface area contributed by atoms with Crippen LogP contribution in [0.15, 0.2) is 18.2 Å². The third kappa shape index (κ3) is 4.39. The molecule has 0 bridgehead atoms. The number of carbonyl (C=O) groups excluding carboxylic acids is 1. The molecule has 0 aromatic heterocycles. The number of aliphatic hydroxyl groups is 1. The second-order valence-electron chi connectivity index (χ2n) is 6.38. The van der Waals surface area contributed by atoms with E-state index in [1.165, 1.54) is 6.42 Å². The highest BCUT2D eigenvalue weighted by atomic mass is 16.5. The van der Waals surface area contributed by atoms with Crippen LogP contribution in [-0.2, 0) is 17.9 Å². The van der Waals surface area contributed by atoms with E-state index in [4.69, 9.17) is 9.47 Å². The van der Waals surface area contributed by atoms with Gasteiger partial charge in [0.15, 0.2) is 0 Å². The fourth-order valence-corrected chi connectivity index (χ4v) is 3.21. The van der Waals surface area contributed by atoms with Crippen molar-refractivity contribution >= 4 is 6.03 Å². The Kier molecular flexibility index (Phi) is 5.93. The quantitative estimate of drug-likeness (QED) is 0.884. The molecule has 3 rings (SSSR count). The summed E-state index contributed by atoms with van der Waals surface area (Å²) in [5, 5.41) is 12.3. The molecule has 0 radical (unpaired) electrons. The summed E-state index contributed by atoms with van der Waals surface area (Å²) in [7, 11) is 0. The maximum Gasteiger partial charge on any atom is 0.317 e. The number of fused-ring (bicyclic) bond motifs is 1. The van der Waals surface area contributed by atoms with Gasteiger partial charge in [-0.2, -0.15) is 0 Å². The Morgan fingerprint density at radius 2 is 2.25 bits per heavy atom. The van der Waals surface area contributed by atoms with E-state index < -0.39 is 0 Å². The van der Waals surface area contributed by atoms with Crippen LogP contribution in [0.1, 0.15) is 36.8 Å². The molecule has 0 aliphatic carbocycles. The SMILES string of the molecule is O=C(NCCC1CCCCO1)N1CCOc2ccc(CO)cc2C1. The van der Waals surface area contributed by atoms with Gasteiger partial charge in [0, 0.05) is 18.7 Å². The van der Waals surface area contributed by atoms with E-state index in [1.54, 1.807) is 4.90 Å². The summed E-state index contributed by atoms with van der Waals surface area (Å²) in [6.07, 6.45) is 4.59. The Morgan fingerprint density at radius 1 is 1.33 bits per heavy atom. The maximum absolute atomic E-state index is 12.4. The number of nitrogens with one attached hydrogen (secondary N) is 1. The number of aliphatic hydroxyl groups excluding tert-OH is 1. The van der Waals surface area contributed by atoms with Crippen LogP contribution in [-0.4, -0.2) is 48.4 Å². The van der Waals surface area contributed by atoms with Crippen molar-refractivity contribution in [3.05, 3.63) is 29.3 Å². The molecule has 0 saturated carbocycles. The molecule has 1 aromatic carbocycles. The monoisotopic (exact) mass is 334 g/mol. The molecule has 1 atom stereocenters. The summed E-state index contributed by atoms with van der Waals surface area (Å²) in [5.41, 5.74) is 1.76. The molecule has 0 spiro atoms. The zero-order valence-corrected chi connectivity index (χ0v) is 14.0. The van der Waals surface area contributed by atoms with E-state index in [9.17, 15) is 9.90 Å². The van der Waals surface area contributed by atoms with Gasteiger partial charge < -0.3 is 24.8 Å². The van der Waals surface area contributed by atoms with Crippen LogP contribution in [0.5, 0.6) is 5.75 Å². The number of hydrogen-bond donors (Lipinski definition) is 2. The lowest BCUT2D eigenvalue weighted by Gasteiger charge is -2.24. The molecule has 1 unspecified atom stereocenters. The first-order valence-corrected chi connectivity index (χ1v) is 8.76. The maximum atomic E-state index is 12.4. The van der Waals surface area contributed by atoms with E-state index in [0.717, 1.165) is 42.7 Å².